The Morgan fingerprint density at radius 1 is 1.32 bits per heavy atom. The summed E-state index contributed by atoms with van der Waals surface area (Å²) in [7, 11) is 0. The number of likely N-dealkylation sites (N-methyl/N-ethyl adjacent to an activating group) is 1. The molecule has 1 aliphatic heterocycles. The lowest BCUT2D eigenvalue weighted by Gasteiger charge is -2.34. The lowest BCUT2D eigenvalue weighted by molar-refractivity contribution is 0.285. The van der Waals surface area contributed by atoms with Crippen molar-refractivity contribution >= 4 is 41.7 Å². The van der Waals surface area contributed by atoms with Crippen molar-refractivity contribution in [3.05, 3.63) is 0 Å². The standard InChI is InChI=1S/C16H32N4S.HI/c1-4-15-13-20(11-12-21-15)16(17-5-2)18-9-10-19(6-3)14-7-8-14;/h14-15H,4-13H2,1-3H3,(H,17,18);1H. The summed E-state index contributed by atoms with van der Waals surface area (Å²) in [5.74, 6) is 2.36. The van der Waals surface area contributed by atoms with E-state index in [1.54, 1.807) is 0 Å². The molecule has 1 saturated carbocycles. The molecule has 1 N–H and O–H groups in total. The van der Waals surface area contributed by atoms with Gasteiger partial charge in [-0.1, -0.05) is 13.8 Å². The van der Waals surface area contributed by atoms with Gasteiger partial charge < -0.3 is 10.2 Å². The molecule has 0 spiro atoms. The van der Waals surface area contributed by atoms with Gasteiger partial charge in [-0.3, -0.25) is 9.89 Å². The fraction of sp³-hybridized carbons (Fsp3) is 0.938. The molecule has 0 aromatic rings. The lowest BCUT2D eigenvalue weighted by atomic mass is 10.3. The predicted octanol–water partition coefficient (Wildman–Crippen LogP) is 2.88. The van der Waals surface area contributed by atoms with E-state index in [2.05, 4.69) is 47.6 Å². The van der Waals surface area contributed by atoms with Crippen LogP contribution in [0.1, 0.15) is 40.0 Å². The van der Waals surface area contributed by atoms with Gasteiger partial charge in [0.2, 0.25) is 0 Å². The molecule has 2 rings (SSSR count). The molecule has 0 aromatic heterocycles. The average Bonchev–Trinajstić information content (AvgIpc) is 3.35. The van der Waals surface area contributed by atoms with Gasteiger partial charge in [0.1, 0.15) is 0 Å². The van der Waals surface area contributed by atoms with Gasteiger partial charge in [0, 0.05) is 43.2 Å². The summed E-state index contributed by atoms with van der Waals surface area (Å²) in [4.78, 5) is 9.92. The van der Waals surface area contributed by atoms with Gasteiger partial charge >= 0.3 is 0 Å². The third kappa shape index (κ3) is 6.43. The number of nitrogens with one attached hydrogen (secondary N) is 1. The van der Waals surface area contributed by atoms with Crippen LogP contribution in [0.2, 0.25) is 0 Å². The third-order valence-electron chi connectivity index (χ3n) is 4.35. The fourth-order valence-electron chi connectivity index (χ4n) is 2.91. The van der Waals surface area contributed by atoms with Crippen LogP contribution in [0, 0.1) is 0 Å². The second kappa shape index (κ2) is 11.0. The zero-order chi connectivity index (χ0) is 15.1. The van der Waals surface area contributed by atoms with Crippen molar-refractivity contribution < 1.29 is 0 Å². The first-order chi connectivity index (χ1) is 10.3. The van der Waals surface area contributed by atoms with E-state index in [1.165, 1.54) is 25.0 Å². The molecule has 0 amide bonds. The van der Waals surface area contributed by atoms with Crippen molar-refractivity contribution in [3.63, 3.8) is 0 Å². The van der Waals surface area contributed by atoms with E-state index >= 15 is 0 Å². The van der Waals surface area contributed by atoms with Crippen molar-refractivity contribution in [1.82, 2.24) is 15.1 Å². The Kier molecular flexibility index (Phi) is 10.1. The van der Waals surface area contributed by atoms with E-state index in [0.717, 1.165) is 56.5 Å². The topological polar surface area (TPSA) is 30.9 Å². The molecule has 0 radical (unpaired) electrons. The monoisotopic (exact) mass is 440 g/mol. The van der Waals surface area contributed by atoms with Crippen molar-refractivity contribution in [2.24, 2.45) is 4.99 Å². The minimum absolute atomic E-state index is 0. The molecule has 2 fully saturated rings. The summed E-state index contributed by atoms with van der Waals surface area (Å²) >= 11 is 2.11. The first kappa shape index (κ1) is 20.4. The molecule has 1 saturated heterocycles. The number of halogens is 1. The summed E-state index contributed by atoms with van der Waals surface area (Å²) in [6, 6.07) is 0.851. The van der Waals surface area contributed by atoms with Gasteiger partial charge in [0.15, 0.2) is 5.96 Å². The fourth-order valence-corrected chi connectivity index (χ4v) is 4.09. The van der Waals surface area contributed by atoms with Gasteiger partial charge in [-0.2, -0.15) is 11.8 Å². The Balaban J connectivity index is 0.00000242. The van der Waals surface area contributed by atoms with E-state index in [0.29, 0.717) is 0 Å². The van der Waals surface area contributed by atoms with E-state index in [1.807, 2.05) is 0 Å². The third-order valence-corrected chi connectivity index (χ3v) is 5.72. The molecule has 1 atom stereocenters. The molecule has 22 heavy (non-hydrogen) atoms. The largest absolute Gasteiger partial charge is 0.357 e. The summed E-state index contributed by atoms with van der Waals surface area (Å²) < 4.78 is 0. The summed E-state index contributed by atoms with van der Waals surface area (Å²) in [6.07, 6.45) is 4.03. The molecular formula is C16H33IN4S. The minimum Gasteiger partial charge on any atom is -0.357 e. The SMILES string of the molecule is CCNC(=NCCN(CC)C1CC1)N1CCSC(CC)C1.I. The molecule has 0 aromatic carbocycles. The number of hydrogen-bond acceptors (Lipinski definition) is 3. The van der Waals surface area contributed by atoms with Gasteiger partial charge in [-0.05, 0) is 32.7 Å². The molecule has 130 valence electrons. The zero-order valence-corrected chi connectivity index (χ0v) is 17.5. The smallest absolute Gasteiger partial charge is 0.194 e. The van der Waals surface area contributed by atoms with Gasteiger partial charge in [-0.15, -0.1) is 24.0 Å². The molecule has 1 aliphatic carbocycles. The molecule has 4 nitrogen and oxygen atoms in total. The summed E-state index contributed by atoms with van der Waals surface area (Å²) in [6.45, 7) is 13.1. The molecule has 1 unspecified atom stereocenters. The van der Waals surface area contributed by atoms with E-state index in [9.17, 15) is 0 Å². The van der Waals surface area contributed by atoms with Crippen LogP contribution in [0.3, 0.4) is 0 Å². The van der Waals surface area contributed by atoms with Gasteiger partial charge in [-0.25, -0.2) is 0 Å². The number of guanidine groups is 1. The Labute approximate surface area is 157 Å². The second-order valence-electron chi connectivity index (χ2n) is 5.94. The maximum absolute atomic E-state index is 4.88. The van der Waals surface area contributed by atoms with Gasteiger partial charge in [0.25, 0.3) is 0 Å². The van der Waals surface area contributed by atoms with Crippen LogP contribution in [0.4, 0.5) is 0 Å². The Morgan fingerprint density at radius 2 is 2.09 bits per heavy atom. The molecular weight excluding hydrogens is 407 g/mol. The highest BCUT2D eigenvalue weighted by Crippen LogP contribution is 2.26. The van der Waals surface area contributed by atoms with Crippen LogP contribution in [0.5, 0.6) is 0 Å². The van der Waals surface area contributed by atoms with E-state index in [4.69, 9.17) is 4.99 Å². The lowest BCUT2D eigenvalue weighted by Crippen LogP contribution is -2.48. The number of hydrogen-bond donors (Lipinski definition) is 1. The van der Waals surface area contributed by atoms with Gasteiger partial charge in [0.05, 0.1) is 6.54 Å². The van der Waals surface area contributed by atoms with Crippen molar-refractivity contribution in [3.8, 4) is 0 Å². The van der Waals surface area contributed by atoms with Crippen molar-refractivity contribution in [1.29, 1.82) is 0 Å². The summed E-state index contributed by atoms with van der Waals surface area (Å²) in [5, 5.41) is 4.25. The number of nitrogens with zero attached hydrogens (tertiary/aromatic N) is 3. The van der Waals surface area contributed by atoms with Crippen LogP contribution in [-0.4, -0.2) is 72.1 Å². The Hall–Kier alpha value is 0.310. The molecule has 6 heteroatoms. The number of rotatable bonds is 7. The maximum atomic E-state index is 4.88. The maximum Gasteiger partial charge on any atom is 0.194 e. The van der Waals surface area contributed by atoms with Crippen LogP contribution in [-0.2, 0) is 0 Å². The molecule has 1 heterocycles. The summed E-state index contributed by atoms with van der Waals surface area (Å²) in [5.41, 5.74) is 0. The Morgan fingerprint density at radius 3 is 2.68 bits per heavy atom. The average molecular weight is 440 g/mol. The van der Waals surface area contributed by atoms with Crippen LogP contribution in [0.25, 0.3) is 0 Å². The van der Waals surface area contributed by atoms with E-state index in [-0.39, 0.29) is 24.0 Å². The molecule has 2 aliphatic rings. The van der Waals surface area contributed by atoms with Crippen molar-refractivity contribution in [2.45, 2.75) is 51.3 Å². The number of aliphatic imine (C=N–C) groups is 1. The predicted molar refractivity (Wildman–Crippen MR) is 110 cm³/mol. The minimum atomic E-state index is 0. The highest BCUT2D eigenvalue weighted by molar-refractivity contribution is 14.0. The second-order valence-corrected chi connectivity index (χ2v) is 7.35. The van der Waals surface area contributed by atoms with Crippen molar-refractivity contribution in [2.75, 3.05) is 45.0 Å². The molecule has 0 bridgehead atoms. The van der Waals surface area contributed by atoms with E-state index < -0.39 is 0 Å². The quantitative estimate of drug-likeness (QED) is 0.375. The van der Waals surface area contributed by atoms with Crippen LogP contribution in [0.15, 0.2) is 4.99 Å². The van der Waals surface area contributed by atoms with Crippen LogP contribution >= 0.6 is 35.7 Å². The first-order valence-electron chi connectivity index (χ1n) is 8.67. The first-order valence-corrected chi connectivity index (χ1v) is 9.72. The normalized spacial score (nSPS) is 22.6. The number of thioether (sulfide) groups is 1. The highest BCUT2D eigenvalue weighted by Gasteiger charge is 2.27. The highest BCUT2D eigenvalue weighted by atomic mass is 127. The Bertz CT molecular complexity index is 336. The zero-order valence-electron chi connectivity index (χ0n) is 14.4. The van der Waals surface area contributed by atoms with Crippen LogP contribution < -0.4 is 5.32 Å².